The van der Waals surface area contributed by atoms with Crippen LogP contribution in [0.15, 0.2) is 29.6 Å². The Balaban J connectivity index is 2.02. The number of benzene rings is 1. The zero-order valence-electron chi connectivity index (χ0n) is 12.7. The Bertz CT molecular complexity index is 571. The lowest BCUT2D eigenvalue weighted by Gasteiger charge is -2.15. The van der Waals surface area contributed by atoms with Crippen LogP contribution >= 0.6 is 22.9 Å². The van der Waals surface area contributed by atoms with Crippen LogP contribution in [-0.2, 0) is 18.3 Å². The Morgan fingerprint density at radius 2 is 1.86 bits per heavy atom. The minimum atomic E-state index is -0.198. The fourth-order valence-electron chi connectivity index (χ4n) is 2.13. The molecule has 1 heterocycles. The number of aromatic nitrogens is 1. The molecule has 0 aliphatic carbocycles. The average molecular weight is 326 g/mol. The van der Waals surface area contributed by atoms with Crippen molar-refractivity contribution in [1.82, 2.24) is 4.98 Å². The first-order valence-electron chi connectivity index (χ1n) is 7.14. The van der Waals surface area contributed by atoms with Gasteiger partial charge in [-0.1, -0.05) is 32.9 Å². The zero-order valence-corrected chi connectivity index (χ0v) is 14.3. The molecule has 2 aromatic rings. The molecule has 1 aromatic heterocycles. The molecular formula is C17H21ClFNS. The van der Waals surface area contributed by atoms with Crippen LogP contribution in [0.5, 0.6) is 0 Å². The highest BCUT2D eigenvalue weighted by Gasteiger charge is 2.19. The van der Waals surface area contributed by atoms with Crippen LogP contribution in [0.3, 0.4) is 0 Å². The van der Waals surface area contributed by atoms with Crippen LogP contribution < -0.4 is 0 Å². The van der Waals surface area contributed by atoms with Crippen LogP contribution in [0.25, 0.3) is 0 Å². The molecule has 0 aliphatic rings. The van der Waals surface area contributed by atoms with Crippen LogP contribution in [0, 0.1) is 11.7 Å². The predicted octanol–water partition coefficient (Wildman–Crippen LogP) is 5.22. The second kappa shape index (κ2) is 6.89. The third kappa shape index (κ3) is 4.79. The molecule has 0 amide bonds. The smallest absolute Gasteiger partial charge is 0.123 e. The molecule has 1 unspecified atom stereocenters. The van der Waals surface area contributed by atoms with Crippen molar-refractivity contribution in [1.29, 1.82) is 0 Å². The lowest BCUT2D eigenvalue weighted by atomic mass is 9.93. The summed E-state index contributed by atoms with van der Waals surface area (Å²) in [7, 11) is 0. The molecule has 0 bridgehead atoms. The van der Waals surface area contributed by atoms with E-state index < -0.39 is 0 Å². The van der Waals surface area contributed by atoms with Crippen molar-refractivity contribution in [2.75, 3.05) is 5.88 Å². The van der Waals surface area contributed by atoms with Gasteiger partial charge in [0, 0.05) is 23.1 Å². The third-order valence-electron chi connectivity index (χ3n) is 3.44. The highest BCUT2D eigenvalue weighted by Crippen LogP contribution is 2.26. The summed E-state index contributed by atoms with van der Waals surface area (Å²) in [5.74, 6) is 0.717. The van der Waals surface area contributed by atoms with Crippen LogP contribution in [0.4, 0.5) is 4.39 Å². The topological polar surface area (TPSA) is 12.9 Å². The van der Waals surface area contributed by atoms with Gasteiger partial charge in [0.05, 0.1) is 10.7 Å². The van der Waals surface area contributed by atoms with E-state index in [-0.39, 0.29) is 11.2 Å². The van der Waals surface area contributed by atoms with E-state index in [4.69, 9.17) is 16.6 Å². The summed E-state index contributed by atoms with van der Waals surface area (Å²) >= 11 is 7.80. The molecule has 0 aliphatic heterocycles. The number of hydrogen-bond donors (Lipinski definition) is 0. The second-order valence-corrected chi connectivity index (χ2v) is 7.68. The Kier molecular flexibility index (Phi) is 5.39. The Labute approximate surface area is 135 Å². The fourth-order valence-corrected chi connectivity index (χ4v) is 3.49. The van der Waals surface area contributed by atoms with E-state index >= 15 is 0 Å². The van der Waals surface area contributed by atoms with Gasteiger partial charge in [-0.3, -0.25) is 0 Å². The number of thiazole rings is 1. The summed E-state index contributed by atoms with van der Waals surface area (Å²) in [6.45, 7) is 6.51. The molecule has 4 heteroatoms. The standard InChI is InChI=1S/C17H21ClFNS/c1-17(2,3)15-11-21-16(20-15)9-13(10-18)8-12-4-6-14(19)7-5-12/h4-7,11,13H,8-10H2,1-3H3. The maximum atomic E-state index is 12.9. The number of rotatable bonds is 5. The Hall–Kier alpha value is -0.930. The van der Waals surface area contributed by atoms with Crippen LogP contribution in [0.1, 0.15) is 37.0 Å². The molecule has 114 valence electrons. The summed E-state index contributed by atoms with van der Waals surface area (Å²) in [6.07, 6.45) is 1.73. The van der Waals surface area contributed by atoms with E-state index in [9.17, 15) is 4.39 Å². The van der Waals surface area contributed by atoms with Crippen molar-refractivity contribution < 1.29 is 4.39 Å². The van der Waals surface area contributed by atoms with Gasteiger partial charge < -0.3 is 0 Å². The summed E-state index contributed by atoms with van der Waals surface area (Å²) in [6, 6.07) is 6.66. The van der Waals surface area contributed by atoms with Gasteiger partial charge in [0.1, 0.15) is 5.82 Å². The van der Waals surface area contributed by atoms with E-state index in [1.807, 2.05) is 12.1 Å². The minimum absolute atomic E-state index is 0.0855. The number of hydrogen-bond acceptors (Lipinski definition) is 2. The molecule has 0 spiro atoms. The van der Waals surface area contributed by atoms with Gasteiger partial charge in [-0.2, -0.15) is 0 Å². The highest BCUT2D eigenvalue weighted by molar-refractivity contribution is 7.09. The molecule has 2 rings (SSSR count). The molecular weight excluding hydrogens is 305 g/mol. The lowest BCUT2D eigenvalue weighted by molar-refractivity contribution is 0.555. The Morgan fingerprint density at radius 1 is 1.19 bits per heavy atom. The molecule has 1 aromatic carbocycles. The SMILES string of the molecule is CC(C)(C)c1csc(CC(CCl)Cc2ccc(F)cc2)n1. The summed E-state index contributed by atoms with van der Waals surface area (Å²) in [5.41, 5.74) is 2.34. The number of nitrogens with zero attached hydrogens (tertiary/aromatic N) is 1. The van der Waals surface area contributed by atoms with Gasteiger partial charge in [0.2, 0.25) is 0 Å². The maximum absolute atomic E-state index is 12.9. The molecule has 21 heavy (non-hydrogen) atoms. The largest absolute Gasteiger partial charge is 0.246 e. The third-order valence-corrected chi connectivity index (χ3v) is 4.75. The van der Waals surface area contributed by atoms with Gasteiger partial charge in [-0.15, -0.1) is 22.9 Å². The van der Waals surface area contributed by atoms with Crippen LogP contribution in [-0.4, -0.2) is 10.9 Å². The summed E-state index contributed by atoms with van der Waals surface area (Å²) in [4.78, 5) is 4.72. The molecule has 1 nitrogen and oxygen atoms in total. The van der Waals surface area contributed by atoms with Gasteiger partial charge in [0.25, 0.3) is 0 Å². The van der Waals surface area contributed by atoms with Gasteiger partial charge in [-0.25, -0.2) is 9.37 Å². The van der Waals surface area contributed by atoms with Gasteiger partial charge in [0.15, 0.2) is 0 Å². The second-order valence-electron chi connectivity index (χ2n) is 6.43. The lowest BCUT2D eigenvalue weighted by Crippen LogP contribution is -2.13. The summed E-state index contributed by atoms with van der Waals surface area (Å²) < 4.78 is 12.9. The minimum Gasteiger partial charge on any atom is -0.246 e. The van der Waals surface area contributed by atoms with E-state index in [1.54, 1.807) is 11.3 Å². The van der Waals surface area contributed by atoms with Crippen molar-refractivity contribution in [3.8, 4) is 0 Å². The maximum Gasteiger partial charge on any atom is 0.123 e. The number of alkyl halides is 1. The van der Waals surface area contributed by atoms with Crippen molar-refractivity contribution >= 4 is 22.9 Å². The van der Waals surface area contributed by atoms with Crippen LogP contribution in [0.2, 0.25) is 0 Å². The highest BCUT2D eigenvalue weighted by atomic mass is 35.5. The predicted molar refractivity (Wildman–Crippen MR) is 88.8 cm³/mol. The number of halogens is 2. The molecule has 0 N–H and O–H groups in total. The van der Waals surface area contributed by atoms with E-state index in [1.165, 1.54) is 12.1 Å². The van der Waals surface area contributed by atoms with E-state index in [0.717, 1.165) is 29.1 Å². The van der Waals surface area contributed by atoms with Crippen molar-refractivity contribution in [2.24, 2.45) is 5.92 Å². The first-order chi connectivity index (χ1) is 9.88. The fraction of sp³-hybridized carbons (Fsp3) is 0.471. The normalized spacial score (nSPS) is 13.4. The van der Waals surface area contributed by atoms with Crippen molar-refractivity contribution in [3.05, 3.63) is 51.7 Å². The monoisotopic (exact) mass is 325 g/mol. The van der Waals surface area contributed by atoms with Gasteiger partial charge in [-0.05, 0) is 30.0 Å². The van der Waals surface area contributed by atoms with Crippen molar-refractivity contribution in [2.45, 2.75) is 39.0 Å². The Morgan fingerprint density at radius 3 is 2.38 bits per heavy atom. The molecule has 0 saturated heterocycles. The zero-order chi connectivity index (χ0) is 15.5. The van der Waals surface area contributed by atoms with E-state index in [2.05, 4.69) is 26.2 Å². The quantitative estimate of drug-likeness (QED) is 0.687. The van der Waals surface area contributed by atoms with E-state index in [0.29, 0.717) is 11.8 Å². The molecule has 1 atom stereocenters. The molecule has 0 radical (unpaired) electrons. The first kappa shape index (κ1) is 16.4. The van der Waals surface area contributed by atoms with Gasteiger partial charge >= 0.3 is 0 Å². The average Bonchev–Trinajstić information content (AvgIpc) is 2.89. The van der Waals surface area contributed by atoms with Crippen molar-refractivity contribution in [3.63, 3.8) is 0 Å². The molecule has 0 fully saturated rings. The summed E-state index contributed by atoms with van der Waals surface area (Å²) in [5, 5.41) is 3.27. The first-order valence-corrected chi connectivity index (χ1v) is 8.55. The molecule has 0 saturated carbocycles.